The number of alkyl halides is 1. The van der Waals surface area contributed by atoms with Crippen molar-refractivity contribution < 1.29 is 35.2 Å². The molecule has 1 aromatic carbocycles. The van der Waals surface area contributed by atoms with E-state index in [4.69, 9.17) is 4.42 Å². The van der Waals surface area contributed by atoms with Crippen molar-refractivity contribution in [2.75, 3.05) is 12.0 Å². The summed E-state index contributed by atoms with van der Waals surface area (Å²) in [5.41, 5.74) is 1.73. The molecular formula is C21H28IN2O3-. The van der Waals surface area contributed by atoms with Gasteiger partial charge in [-0.1, -0.05) is 0 Å². The van der Waals surface area contributed by atoms with E-state index in [0.717, 1.165) is 11.1 Å². The molecular weight excluding hydrogens is 455 g/mol. The van der Waals surface area contributed by atoms with Gasteiger partial charge in [0.1, 0.15) is 0 Å². The summed E-state index contributed by atoms with van der Waals surface area (Å²) in [6.07, 6.45) is 1.53. The zero-order valence-electron chi connectivity index (χ0n) is 16.7. The Morgan fingerprint density at radius 1 is 1.15 bits per heavy atom. The van der Waals surface area contributed by atoms with Crippen molar-refractivity contribution >= 4 is 11.8 Å². The Kier molecular flexibility index (Phi) is 7.47. The number of furan rings is 1. The van der Waals surface area contributed by atoms with Gasteiger partial charge in [0.25, 0.3) is 0 Å². The van der Waals surface area contributed by atoms with E-state index in [0.29, 0.717) is 0 Å². The van der Waals surface area contributed by atoms with Gasteiger partial charge in [0.2, 0.25) is 0 Å². The van der Waals surface area contributed by atoms with Crippen molar-refractivity contribution in [2.45, 2.75) is 39.8 Å². The molecule has 2 rings (SSSR count). The van der Waals surface area contributed by atoms with Gasteiger partial charge in [-0.25, -0.2) is 0 Å². The maximum atomic E-state index is 13.1. The van der Waals surface area contributed by atoms with E-state index < -0.39 is 6.04 Å². The van der Waals surface area contributed by atoms with Crippen molar-refractivity contribution in [3.63, 3.8) is 0 Å². The van der Waals surface area contributed by atoms with Gasteiger partial charge in [0, 0.05) is 0 Å². The number of nitrogens with zero attached hydrogens (tertiary/aromatic N) is 1. The van der Waals surface area contributed by atoms with E-state index in [-0.39, 0.29) is 50.7 Å². The predicted octanol–water partition coefficient (Wildman–Crippen LogP) is 0.456. The average Bonchev–Trinajstić information content (AvgIpc) is 3.09. The molecule has 0 aliphatic rings. The number of hydrogen-bond donors (Lipinski definition) is 1. The van der Waals surface area contributed by atoms with E-state index >= 15 is 0 Å². The molecule has 0 fully saturated rings. The molecule has 1 heterocycles. The molecule has 0 bridgehead atoms. The van der Waals surface area contributed by atoms with Crippen LogP contribution in [0.5, 0.6) is 0 Å². The molecule has 1 unspecified atom stereocenters. The molecule has 2 aromatic rings. The van der Waals surface area contributed by atoms with Crippen LogP contribution in [-0.4, -0.2) is 40.8 Å². The first kappa shape index (κ1) is 21.5. The first-order chi connectivity index (χ1) is 12.8. The Labute approximate surface area is 171 Å². The number of carbonyl (C=O) groups is 2. The van der Waals surface area contributed by atoms with Gasteiger partial charge in [-0.3, -0.25) is 0 Å². The van der Waals surface area contributed by atoms with E-state index in [1.807, 2.05) is 45.9 Å². The molecule has 0 aliphatic carbocycles. The van der Waals surface area contributed by atoms with Crippen LogP contribution in [0.4, 0.5) is 0 Å². The molecule has 0 saturated carbocycles. The number of likely N-dealkylation sites (N-methyl/N-ethyl adjacent to an activating group) is 1. The minimum absolute atomic E-state index is 0.0153. The maximum absolute atomic E-state index is 13.1. The standard InChI is InChI=1S/C21H28IN2O3/c1-13(2)18(20(25)23-14(3)4)24(6)21(26)19-17(10-11-27-19)15-8-7-9-16(12-15)22-5/h7-14,18H,1-6H3,(H,23,25)/q-1. The zero-order chi connectivity index (χ0) is 20.1. The van der Waals surface area contributed by atoms with Crippen molar-refractivity contribution in [1.82, 2.24) is 10.2 Å². The molecule has 1 N–H and O–H groups in total. The summed E-state index contributed by atoms with van der Waals surface area (Å²) in [6.45, 7) is 7.69. The first-order valence-electron chi connectivity index (χ1n) is 9.01. The molecule has 1 atom stereocenters. The number of nitrogens with one attached hydrogen (secondary N) is 1. The fraction of sp³-hybridized carbons (Fsp3) is 0.429. The van der Waals surface area contributed by atoms with Gasteiger partial charge in [-0.15, -0.1) is 0 Å². The molecule has 148 valence electrons. The van der Waals surface area contributed by atoms with Crippen LogP contribution in [-0.2, 0) is 4.79 Å². The molecule has 0 saturated heterocycles. The molecule has 0 spiro atoms. The van der Waals surface area contributed by atoms with E-state index in [1.165, 1.54) is 14.7 Å². The number of hydrogen-bond acceptors (Lipinski definition) is 3. The molecule has 0 radical (unpaired) electrons. The van der Waals surface area contributed by atoms with Crippen molar-refractivity contribution in [3.8, 4) is 11.1 Å². The summed E-state index contributed by atoms with van der Waals surface area (Å²) >= 11 is -0.0392. The van der Waals surface area contributed by atoms with Crippen molar-refractivity contribution in [3.05, 3.63) is 45.9 Å². The van der Waals surface area contributed by atoms with Gasteiger partial charge >= 0.3 is 172 Å². The van der Waals surface area contributed by atoms with Crippen LogP contribution >= 0.6 is 0 Å². The van der Waals surface area contributed by atoms with Crippen molar-refractivity contribution in [2.24, 2.45) is 5.92 Å². The van der Waals surface area contributed by atoms with Crippen LogP contribution in [0.15, 0.2) is 41.0 Å². The van der Waals surface area contributed by atoms with Crippen LogP contribution < -0.4 is 26.5 Å². The number of rotatable bonds is 7. The van der Waals surface area contributed by atoms with Gasteiger partial charge in [0.15, 0.2) is 0 Å². The van der Waals surface area contributed by atoms with Gasteiger partial charge in [0.05, 0.1) is 0 Å². The Morgan fingerprint density at radius 2 is 1.85 bits per heavy atom. The summed E-state index contributed by atoms with van der Waals surface area (Å²) in [4.78, 5) is 29.5. The van der Waals surface area contributed by atoms with Crippen LogP contribution in [0.25, 0.3) is 11.1 Å². The Balaban J connectivity index is 2.34. The second-order valence-corrected chi connectivity index (χ2v) is 9.46. The molecule has 0 aliphatic heterocycles. The van der Waals surface area contributed by atoms with E-state index in [1.54, 1.807) is 7.05 Å². The van der Waals surface area contributed by atoms with Gasteiger partial charge in [-0.05, 0) is 0 Å². The molecule has 6 heteroatoms. The molecule has 27 heavy (non-hydrogen) atoms. The van der Waals surface area contributed by atoms with Crippen LogP contribution in [0.1, 0.15) is 38.2 Å². The SMILES string of the molecule is C[I-]c1cccc(-c2ccoc2C(=O)N(C)C(C(=O)NC(C)C)C(C)C)c1. The molecule has 5 nitrogen and oxygen atoms in total. The van der Waals surface area contributed by atoms with E-state index in [9.17, 15) is 9.59 Å². The first-order valence-corrected chi connectivity index (χ1v) is 12.2. The summed E-state index contributed by atoms with van der Waals surface area (Å²) in [5, 5.41) is 2.91. The summed E-state index contributed by atoms with van der Waals surface area (Å²) in [6, 6.07) is 9.47. The zero-order valence-corrected chi connectivity index (χ0v) is 18.9. The fourth-order valence-corrected chi connectivity index (χ4v) is 4.27. The third kappa shape index (κ3) is 5.12. The molecule has 1 aromatic heterocycles. The summed E-state index contributed by atoms with van der Waals surface area (Å²) in [5.74, 6) is -0.192. The fourth-order valence-electron chi connectivity index (χ4n) is 3.06. The number of halogens is 1. The second kappa shape index (κ2) is 9.39. The van der Waals surface area contributed by atoms with Gasteiger partial charge in [-0.2, -0.15) is 0 Å². The minimum atomic E-state index is -0.564. The van der Waals surface area contributed by atoms with Crippen LogP contribution in [0, 0.1) is 9.49 Å². The van der Waals surface area contributed by atoms with Crippen molar-refractivity contribution in [1.29, 1.82) is 0 Å². The van der Waals surface area contributed by atoms with E-state index in [2.05, 4.69) is 22.4 Å². The second-order valence-electron chi connectivity index (χ2n) is 7.13. The third-order valence-corrected chi connectivity index (χ3v) is 6.20. The topological polar surface area (TPSA) is 62.6 Å². The Hall–Kier alpha value is -1.83. The Morgan fingerprint density at radius 3 is 2.44 bits per heavy atom. The summed E-state index contributed by atoms with van der Waals surface area (Å²) in [7, 11) is 1.66. The van der Waals surface area contributed by atoms with Crippen LogP contribution in [0.3, 0.4) is 0 Å². The predicted molar refractivity (Wildman–Crippen MR) is 103 cm³/mol. The number of benzene rings is 1. The number of carbonyl (C=O) groups excluding carboxylic acids is 2. The third-order valence-electron chi connectivity index (χ3n) is 4.28. The molecule has 2 amide bonds. The number of amides is 2. The van der Waals surface area contributed by atoms with Crippen LogP contribution in [0.2, 0.25) is 0 Å². The average molecular weight is 483 g/mol. The normalized spacial score (nSPS) is 12.4. The van der Waals surface area contributed by atoms with Gasteiger partial charge < -0.3 is 0 Å². The Bertz CT molecular complexity index is 798. The quantitative estimate of drug-likeness (QED) is 0.460. The summed E-state index contributed by atoms with van der Waals surface area (Å²) < 4.78 is 6.85. The monoisotopic (exact) mass is 483 g/mol.